The minimum absolute atomic E-state index is 0.989. The Morgan fingerprint density at radius 3 is 2.30 bits per heavy atom. The lowest BCUT2D eigenvalue weighted by molar-refractivity contribution is 1.21. The third kappa shape index (κ3) is 1.76. The van der Waals surface area contributed by atoms with E-state index >= 15 is 0 Å². The van der Waals surface area contributed by atoms with Gasteiger partial charge in [-0.1, -0.05) is 17.7 Å². The Bertz CT molecular complexity index is 188. The van der Waals surface area contributed by atoms with Gasteiger partial charge in [0.1, 0.15) is 0 Å². The van der Waals surface area contributed by atoms with Gasteiger partial charge in [-0.25, -0.2) is 0 Å². The first-order valence-corrected chi connectivity index (χ1v) is 3.63. The molecule has 10 heavy (non-hydrogen) atoms. The highest BCUT2D eigenvalue weighted by atomic mass is 14.8. The minimum Gasteiger partial charge on any atom is -0.385 e. The monoisotopic (exact) mass is 135 g/mol. The highest BCUT2D eigenvalue weighted by Gasteiger charge is 1.86. The minimum atomic E-state index is 0.989. The van der Waals surface area contributed by atoms with E-state index in [-0.39, 0.29) is 0 Å². The van der Waals surface area contributed by atoms with Crippen LogP contribution in [0.25, 0.3) is 0 Å². The second-order valence-corrected chi connectivity index (χ2v) is 2.40. The molecule has 0 saturated carbocycles. The topological polar surface area (TPSA) is 12.0 Å². The molecular formula is C9H13N. The van der Waals surface area contributed by atoms with Gasteiger partial charge >= 0.3 is 0 Å². The lowest BCUT2D eigenvalue weighted by atomic mass is 10.2. The number of anilines is 1. The molecule has 0 fully saturated rings. The van der Waals surface area contributed by atoms with Crippen LogP contribution in [-0.4, -0.2) is 6.54 Å². The fourth-order valence-corrected chi connectivity index (χ4v) is 0.876. The SMILES string of the molecule is CCNc1ccc(C)cc1. The standard InChI is InChI=1S/C9H13N/c1-3-10-9-6-4-8(2)5-7-9/h4-7,10H,3H2,1-2H3. The fraction of sp³-hybridized carbons (Fsp3) is 0.333. The van der Waals surface area contributed by atoms with Crippen molar-refractivity contribution in [3.8, 4) is 0 Å². The van der Waals surface area contributed by atoms with Crippen LogP contribution in [0.2, 0.25) is 0 Å². The molecular weight excluding hydrogens is 122 g/mol. The van der Waals surface area contributed by atoms with Crippen LogP contribution in [0.5, 0.6) is 0 Å². The zero-order chi connectivity index (χ0) is 7.40. The van der Waals surface area contributed by atoms with Crippen LogP contribution in [0.1, 0.15) is 12.5 Å². The van der Waals surface area contributed by atoms with Gasteiger partial charge in [-0.05, 0) is 26.0 Å². The Morgan fingerprint density at radius 2 is 1.80 bits per heavy atom. The van der Waals surface area contributed by atoms with Gasteiger partial charge in [0.05, 0.1) is 0 Å². The smallest absolute Gasteiger partial charge is 0.0340 e. The van der Waals surface area contributed by atoms with Gasteiger partial charge in [0.25, 0.3) is 0 Å². The maximum atomic E-state index is 3.23. The van der Waals surface area contributed by atoms with E-state index in [2.05, 4.69) is 43.4 Å². The van der Waals surface area contributed by atoms with Gasteiger partial charge in [0.15, 0.2) is 0 Å². The number of benzene rings is 1. The third-order valence-corrected chi connectivity index (χ3v) is 1.43. The molecule has 1 rings (SSSR count). The molecule has 0 bridgehead atoms. The normalized spacial score (nSPS) is 9.40. The molecule has 1 heteroatoms. The van der Waals surface area contributed by atoms with Crippen LogP contribution in [0.3, 0.4) is 0 Å². The highest BCUT2D eigenvalue weighted by Crippen LogP contribution is 2.07. The summed E-state index contributed by atoms with van der Waals surface area (Å²) in [6.45, 7) is 5.18. The van der Waals surface area contributed by atoms with Crippen LogP contribution >= 0.6 is 0 Å². The predicted molar refractivity (Wildman–Crippen MR) is 45.3 cm³/mol. The summed E-state index contributed by atoms with van der Waals surface area (Å²) in [4.78, 5) is 0. The average molecular weight is 135 g/mol. The van der Waals surface area contributed by atoms with Gasteiger partial charge in [-0.3, -0.25) is 0 Å². The van der Waals surface area contributed by atoms with Gasteiger partial charge in [0.2, 0.25) is 0 Å². The van der Waals surface area contributed by atoms with Crippen molar-refractivity contribution < 1.29 is 0 Å². The molecule has 0 aliphatic carbocycles. The first kappa shape index (κ1) is 7.13. The number of rotatable bonds is 2. The molecule has 1 N–H and O–H groups in total. The third-order valence-electron chi connectivity index (χ3n) is 1.43. The molecule has 0 spiro atoms. The maximum absolute atomic E-state index is 3.23. The van der Waals surface area contributed by atoms with E-state index in [1.165, 1.54) is 11.3 Å². The summed E-state index contributed by atoms with van der Waals surface area (Å²) in [5.41, 5.74) is 2.51. The van der Waals surface area contributed by atoms with Crippen LogP contribution in [0.4, 0.5) is 5.69 Å². The summed E-state index contributed by atoms with van der Waals surface area (Å²) >= 11 is 0. The molecule has 54 valence electrons. The predicted octanol–water partition coefficient (Wildman–Crippen LogP) is 2.43. The van der Waals surface area contributed by atoms with Gasteiger partial charge < -0.3 is 5.32 Å². The molecule has 0 heterocycles. The molecule has 1 nitrogen and oxygen atoms in total. The Balaban J connectivity index is 2.69. The van der Waals surface area contributed by atoms with Crippen LogP contribution in [0, 0.1) is 6.92 Å². The van der Waals surface area contributed by atoms with Crippen LogP contribution in [-0.2, 0) is 0 Å². The summed E-state index contributed by atoms with van der Waals surface area (Å²) in [6.07, 6.45) is 0. The second-order valence-electron chi connectivity index (χ2n) is 2.40. The average Bonchev–Trinajstić information content (AvgIpc) is 1.95. The first-order valence-electron chi connectivity index (χ1n) is 3.63. The van der Waals surface area contributed by atoms with Crippen molar-refractivity contribution in [3.63, 3.8) is 0 Å². The quantitative estimate of drug-likeness (QED) is 0.656. The Hall–Kier alpha value is -0.980. The van der Waals surface area contributed by atoms with Crippen molar-refractivity contribution in [2.45, 2.75) is 13.8 Å². The molecule has 0 unspecified atom stereocenters. The number of nitrogens with one attached hydrogen (secondary N) is 1. The fourth-order valence-electron chi connectivity index (χ4n) is 0.876. The molecule has 1 aromatic carbocycles. The zero-order valence-electron chi connectivity index (χ0n) is 6.52. The molecule has 0 aliphatic rings. The molecule has 0 amide bonds. The second kappa shape index (κ2) is 3.25. The van der Waals surface area contributed by atoms with Crippen molar-refractivity contribution in [2.24, 2.45) is 0 Å². The molecule has 0 radical (unpaired) electrons. The van der Waals surface area contributed by atoms with E-state index in [4.69, 9.17) is 0 Å². The van der Waals surface area contributed by atoms with E-state index in [1.54, 1.807) is 0 Å². The summed E-state index contributed by atoms with van der Waals surface area (Å²) in [6, 6.07) is 8.41. The Labute approximate surface area is 62.1 Å². The Kier molecular flexibility index (Phi) is 2.32. The summed E-state index contributed by atoms with van der Waals surface area (Å²) in [7, 11) is 0. The van der Waals surface area contributed by atoms with Crippen molar-refractivity contribution in [1.29, 1.82) is 0 Å². The summed E-state index contributed by atoms with van der Waals surface area (Å²) in [5, 5.41) is 3.23. The molecule has 1 aromatic rings. The van der Waals surface area contributed by atoms with Crippen LogP contribution < -0.4 is 5.32 Å². The van der Waals surface area contributed by atoms with Gasteiger partial charge in [0, 0.05) is 12.2 Å². The molecule has 0 aliphatic heterocycles. The van der Waals surface area contributed by atoms with Gasteiger partial charge in [-0.2, -0.15) is 0 Å². The lowest BCUT2D eigenvalue weighted by Gasteiger charge is -2.01. The van der Waals surface area contributed by atoms with Crippen molar-refractivity contribution in [3.05, 3.63) is 29.8 Å². The Morgan fingerprint density at radius 1 is 1.20 bits per heavy atom. The maximum Gasteiger partial charge on any atom is 0.0340 e. The first-order chi connectivity index (χ1) is 4.83. The number of hydrogen-bond acceptors (Lipinski definition) is 1. The molecule has 0 atom stereocenters. The largest absolute Gasteiger partial charge is 0.385 e. The highest BCUT2D eigenvalue weighted by molar-refractivity contribution is 5.43. The van der Waals surface area contributed by atoms with E-state index in [9.17, 15) is 0 Å². The molecule has 0 aromatic heterocycles. The van der Waals surface area contributed by atoms with E-state index in [0.717, 1.165) is 6.54 Å². The molecule has 0 saturated heterocycles. The number of hydrogen-bond donors (Lipinski definition) is 1. The van der Waals surface area contributed by atoms with E-state index in [1.807, 2.05) is 0 Å². The summed E-state index contributed by atoms with van der Waals surface area (Å²) in [5.74, 6) is 0. The lowest BCUT2D eigenvalue weighted by Crippen LogP contribution is -1.95. The van der Waals surface area contributed by atoms with Crippen LogP contribution in [0.15, 0.2) is 24.3 Å². The van der Waals surface area contributed by atoms with Crippen molar-refractivity contribution >= 4 is 5.69 Å². The van der Waals surface area contributed by atoms with Crippen molar-refractivity contribution in [1.82, 2.24) is 0 Å². The van der Waals surface area contributed by atoms with Gasteiger partial charge in [-0.15, -0.1) is 0 Å². The van der Waals surface area contributed by atoms with Crippen molar-refractivity contribution in [2.75, 3.05) is 11.9 Å². The van der Waals surface area contributed by atoms with E-state index < -0.39 is 0 Å². The summed E-state index contributed by atoms with van der Waals surface area (Å²) < 4.78 is 0. The zero-order valence-corrected chi connectivity index (χ0v) is 6.52. The van der Waals surface area contributed by atoms with E-state index in [0.29, 0.717) is 0 Å². The number of aryl methyl sites for hydroxylation is 1.